The van der Waals surface area contributed by atoms with Crippen molar-refractivity contribution in [2.75, 3.05) is 37.7 Å². The Morgan fingerprint density at radius 2 is 1.76 bits per heavy atom. The first kappa shape index (κ1) is 26.9. The smallest absolute Gasteiger partial charge is 0.303 e. The van der Waals surface area contributed by atoms with E-state index in [1.807, 2.05) is 6.07 Å². The summed E-state index contributed by atoms with van der Waals surface area (Å²) < 4.78 is 35.0. The second-order valence-electron chi connectivity index (χ2n) is 10.5. The molecule has 0 bridgehead atoms. The summed E-state index contributed by atoms with van der Waals surface area (Å²) in [4.78, 5) is 39.5. The quantitative estimate of drug-likeness (QED) is 0.542. The van der Waals surface area contributed by atoms with Gasteiger partial charge in [0, 0.05) is 24.6 Å². The van der Waals surface area contributed by atoms with Crippen molar-refractivity contribution >= 4 is 33.5 Å². The summed E-state index contributed by atoms with van der Waals surface area (Å²) in [5.41, 5.74) is 1.45. The van der Waals surface area contributed by atoms with Crippen LogP contribution in [0.5, 0.6) is 5.75 Å². The minimum Gasteiger partial charge on any atom is -0.497 e. The van der Waals surface area contributed by atoms with Crippen LogP contribution in [0, 0.1) is 23.5 Å². The molecule has 2 aromatic carbocycles. The van der Waals surface area contributed by atoms with Gasteiger partial charge < -0.3 is 20.1 Å². The van der Waals surface area contributed by atoms with Crippen LogP contribution in [-0.4, -0.2) is 60.2 Å². The van der Waals surface area contributed by atoms with Crippen molar-refractivity contribution in [1.82, 2.24) is 4.90 Å². The molecule has 1 atom stereocenters. The van der Waals surface area contributed by atoms with Crippen LogP contribution in [0.4, 0.5) is 14.5 Å². The Morgan fingerprint density at radius 3 is 2.32 bits per heavy atom. The summed E-state index contributed by atoms with van der Waals surface area (Å²) in [6, 6.07) is 6.49. The van der Waals surface area contributed by atoms with E-state index in [4.69, 9.17) is 9.84 Å². The molecule has 0 spiro atoms. The first-order valence-electron chi connectivity index (χ1n) is 12.1. The lowest BCUT2D eigenvalue weighted by atomic mass is 9.72. The summed E-state index contributed by atoms with van der Waals surface area (Å²) >= 11 is 0. The third kappa shape index (κ3) is 5.58. The molecule has 7 nitrogen and oxygen atoms in total. The molecule has 10 heteroatoms. The van der Waals surface area contributed by atoms with Gasteiger partial charge in [0.25, 0.3) is 5.91 Å². The Hall–Kier alpha value is -3.14. The van der Waals surface area contributed by atoms with Crippen LogP contribution < -0.4 is 10.1 Å². The second-order valence-corrected chi connectivity index (χ2v) is 14.6. The summed E-state index contributed by atoms with van der Waals surface area (Å²) in [6.45, 7) is 0.284. The largest absolute Gasteiger partial charge is 0.497 e. The van der Waals surface area contributed by atoms with Crippen molar-refractivity contribution in [2.24, 2.45) is 11.8 Å². The highest BCUT2D eigenvalue weighted by Crippen LogP contribution is 2.48. The number of hydrogen-bond donors (Lipinski definition) is 2. The average Bonchev–Trinajstić information content (AvgIpc) is 2.77. The van der Waals surface area contributed by atoms with E-state index in [9.17, 15) is 23.2 Å². The maximum atomic E-state index is 14.8. The fourth-order valence-corrected chi connectivity index (χ4v) is 6.55. The number of carbonyl (C=O) groups excluding carboxylic acids is 2. The maximum absolute atomic E-state index is 14.8. The van der Waals surface area contributed by atoms with Crippen LogP contribution in [-0.2, 0) is 20.8 Å². The van der Waals surface area contributed by atoms with E-state index in [0.29, 0.717) is 30.6 Å². The Bertz CT molecular complexity index is 1220. The second kappa shape index (κ2) is 10.3. The van der Waals surface area contributed by atoms with E-state index in [1.165, 1.54) is 4.90 Å². The molecule has 2 aromatic rings. The Kier molecular flexibility index (Phi) is 7.50. The molecule has 1 heterocycles. The number of fused-ring (bicyclic) bond motifs is 1. The number of rotatable bonds is 7. The molecule has 37 heavy (non-hydrogen) atoms. The topological polar surface area (TPSA) is 95.9 Å². The highest BCUT2D eigenvalue weighted by Gasteiger charge is 2.43. The van der Waals surface area contributed by atoms with Crippen molar-refractivity contribution in [1.29, 1.82) is 0 Å². The number of nitrogens with one attached hydrogen (secondary N) is 1. The minimum absolute atomic E-state index is 0.0123. The number of amides is 2. The molecule has 1 fully saturated rings. The lowest BCUT2D eigenvalue weighted by Gasteiger charge is -2.42. The fourth-order valence-electron chi connectivity index (χ4n) is 5.26. The number of halogens is 2. The minimum atomic E-state index is -1.68. The SMILES string of the molecule is COc1ccc2c(c1)CCN(C(=O)C1CC(CC(=O)O)C1)C2C(=O)Nc1cc(F)c(S(C)(C)C)c(F)c1. The van der Waals surface area contributed by atoms with Crippen LogP contribution in [0.2, 0.25) is 0 Å². The van der Waals surface area contributed by atoms with Crippen molar-refractivity contribution in [3.63, 3.8) is 0 Å². The van der Waals surface area contributed by atoms with Gasteiger partial charge in [-0.25, -0.2) is 18.8 Å². The van der Waals surface area contributed by atoms with Gasteiger partial charge in [-0.15, -0.1) is 0 Å². The molecular formula is C27H32F2N2O5S. The van der Waals surface area contributed by atoms with Gasteiger partial charge in [-0.05, 0) is 79.3 Å². The number of anilines is 1. The number of benzene rings is 2. The van der Waals surface area contributed by atoms with Gasteiger partial charge in [-0.1, -0.05) is 6.07 Å². The molecule has 1 aliphatic heterocycles. The Labute approximate surface area is 216 Å². The number of aliphatic carboxylic acids is 1. The summed E-state index contributed by atoms with van der Waals surface area (Å²) in [7, 11) is -0.137. The number of carboxylic acids is 1. The van der Waals surface area contributed by atoms with Crippen molar-refractivity contribution < 1.29 is 33.0 Å². The predicted octanol–water partition coefficient (Wildman–Crippen LogP) is 4.59. The molecule has 0 radical (unpaired) electrons. The predicted molar refractivity (Wildman–Crippen MR) is 138 cm³/mol. The lowest BCUT2D eigenvalue weighted by Crippen LogP contribution is -2.50. The molecule has 2 aliphatic rings. The van der Waals surface area contributed by atoms with Crippen molar-refractivity contribution in [2.45, 2.75) is 36.6 Å². The maximum Gasteiger partial charge on any atom is 0.303 e. The van der Waals surface area contributed by atoms with Crippen LogP contribution >= 0.6 is 10.0 Å². The highest BCUT2D eigenvalue weighted by atomic mass is 32.3. The fraction of sp³-hybridized carbons (Fsp3) is 0.444. The molecule has 1 unspecified atom stereocenters. The van der Waals surface area contributed by atoms with Crippen molar-refractivity contribution in [3.8, 4) is 5.75 Å². The van der Waals surface area contributed by atoms with Crippen LogP contribution in [0.25, 0.3) is 0 Å². The Balaban J connectivity index is 1.62. The summed E-state index contributed by atoms with van der Waals surface area (Å²) in [6.07, 6.45) is 6.79. The van der Waals surface area contributed by atoms with Gasteiger partial charge in [0.05, 0.1) is 12.0 Å². The molecule has 1 saturated carbocycles. The number of hydrogen-bond acceptors (Lipinski definition) is 4. The summed E-state index contributed by atoms with van der Waals surface area (Å²) in [5, 5.41) is 11.6. The van der Waals surface area contributed by atoms with Gasteiger partial charge in [0.2, 0.25) is 5.91 Å². The molecule has 2 N–H and O–H groups in total. The molecule has 2 amide bonds. The van der Waals surface area contributed by atoms with E-state index in [0.717, 1.165) is 17.7 Å². The van der Waals surface area contributed by atoms with Gasteiger partial charge >= 0.3 is 5.97 Å². The van der Waals surface area contributed by atoms with Crippen LogP contribution in [0.15, 0.2) is 35.2 Å². The normalized spacial score (nSPS) is 21.5. The molecule has 1 aliphatic carbocycles. The number of carboxylic acid groups (broad SMARTS) is 1. The standard InChI is InChI=1S/C27H32F2N2O5S/c1-36-19-5-6-20-16(12-19)7-8-31(27(35)17-9-15(10-17)11-23(32)33)24(20)26(34)30-18-13-21(28)25(22(29)14-18)37(2,3)4/h5-6,12-15,17,24H,7-11H2,1-4H3,(H,30,34)(H,32,33). The van der Waals surface area contributed by atoms with Crippen LogP contribution in [0.1, 0.15) is 36.4 Å². The van der Waals surface area contributed by atoms with Gasteiger partial charge in [0.1, 0.15) is 23.4 Å². The van der Waals surface area contributed by atoms with E-state index >= 15 is 0 Å². The summed E-state index contributed by atoms with van der Waals surface area (Å²) in [5.74, 6) is -2.93. The highest BCUT2D eigenvalue weighted by molar-refractivity contribution is 8.32. The van der Waals surface area contributed by atoms with E-state index in [-0.39, 0.29) is 41.3 Å². The Morgan fingerprint density at radius 1 is 1.11 bits per heavy atom. The third-order valence-corrected chi connectivity index (χ3v) is 8.65. The van der Waals surface area contributed by atoms with E-state index in [2.05, 4.69) is 5.32 Å². The third-order valence-electron chi connectivity index (χ3n) is 7.04. The first-order chi connectivity index (χ1) is 17.4. The van der Waals surface area contributed by atoms with E-state index < -0.39 is 39.6 Å². The monoisotopic (exact) mass is 534 g/mol. The zero-order valence-electron chi connectivity index (χ0n) is 21.3. The molecular weight excluding hydrogens is 502 g/mol. The lowest BCUT2D eigenvalue weighted by molar-refractivity contribution is -0.149. The van der Waals surface area contributed by atoms with Gasteiger partial charge in [-0.3, -0.25) is 14.4 Å². The number of carbonyl (C=O) groups is 3. The molecule has 0 saturated heterocycles. The van der Waals surface area contributed by atoms with Crippen LogP contribution in [0.3, 0.4) is 0 Å². The van der Waals surface area contributed by atoms with Crippen molar-refractivity contribution in [3.05, 3.63) is 53.1 Å². The number of nitrogens with zero attached hydrogens (tertiary/aromatic N) is 1. The number of methoxy groups -OCH3 is 1. The first-order valence-corrected chi connectivity index (χ1v) is 14.9. The number of ether oxygens (including phenoxy) is 1. The van der Waals surface area contributed by atoms with Gasteiger partial charge in [-0.2, -0.15) is 0 Å². The molecule has 0 aromatic heterocycles. The molecule has 4 rings (SSSR count). The average molecular weight is 535 g/mol. The van der Waals surface area contributed by atoms with Gasteiger partial charge in [0.15, 0.2) is 0 Å². The zero-order chi connectivity index (χ0) is 27.1. The molecule has 200 valence electrons. The van der Waals surface area contributed by atoms with E-state index in [1.54, 1.807) is 38.0 Å². The zero-order valence-corrected chi connectivity index (χ0v) is 22.2.